The van der Waals surface area contributed by atoms with Gasteiger partial charge in [0.25, 0.3) is 17.1 Å². The molecule has 0 fully saturated rings. The number of carbonyl (C=O) groups is 1. The molecule has 1 N–H and O–H groups in total. The van der Waals surface area contributed by atoms with Crippen LogP contribution in [0.1, 0.15) is 15.9 Å². The van der Waals surface area contributed by atoms with Crippen LogP contribution in [0.3, 0.4) is 0 Å². The third kappa shape index (κ3) is 4.29. The van der Waals surface area contributed by atoms with Crippen molar-refractivity contribution in [3.63, 3.8) is 0 Å². The van der Waals surface area contributed by atoms with Gasteiger partial charge in [-0.2, -0.15) is 31.4 Å². The van der Waals surface area contributed by atoms with Gasteiger partial charge in [0.1, 0.15) is 0 Å². The zero-order valence-corrected chi connectivity index (χ0v) is 19.5. The van der Waals surface area contributed by atoms with Crippen molar-refractivity contribution < 1.29 is 36.1 Å². The van der Waals surface area contributed by atoms with Crippen LogP contribution in [0.25, 0.3) is 0 Å². The van der Waals surface area contributed by atoms with E-state index in [9.17, 15) is 41.3 Å². The Morgan fingerprint density at radius 1 is 1.03 bits per heavy atom. The Bertz CT molecular complexity index is 1230. The van der Waals surface area contributed by atoms with Crippen LogP contribution in [-0.2, 0) is 5.54 Å². The van der Waals surface area contributed by atoms with Gasteiger partial charge in [-0.15, -0.1) is 0 Å². The first-order valence-electron chi connectivity index (χ1n) is 8.89. The number of halogens is 8. The predicted octanol–water partition coefficient (Wildman–Crippen LogP) is 6.44. The maximum absolute atomic E-state index is 14.2. The number of amides is 1. The lowest BCUT2D eigenvalue weighted by Crippen LogP contribution is -2.59. The molecule has 1 aromatic heterocycles. The minimum Gasteiger partial charge on any atom is -0.320 e. The number of rotatable bonds is 5. The summed E-state index contributed by atoms with van der Waals surface area (Å²) in [6.45, 7) is 0. The highest BCUT2D eigenvalue weighted by Gasteiger charge is 2.74. The second-order valence-corrected chi connectivity index (χ2v) is 8.35. The highest BCUT2D eigenvalue weighted by molar-refractivity contribution is 9.11. The van der Waals surface area contributed by atoms with Crippen molar-refractivity contribution in [2.75, 3.05) is 5.32 Å². The average molecular weight is 616 g/mol. The molecule has 0 saturated heterocycles. The Kier molecular flexibility index (Phi) is 6.81. The van der Waals surface area contributed by atoms with Crippen LogP contribution in [0.15, 0.2) is 63.8 Å². The fraction of sp³-hybridized carbons (Fsp3) is 0.158. The van der Waals surface area contributed by atoms with Gasteiger partial charge in [0.05, 0.1) is 10.6 Å². The molecule has 0 aliphatic heterocycles. The predicted molar refractivity (Wildman–Crippen MR) is 114 cm³/mol. The fourth-order valence-corrected chi connectivity index (χ4v) is 4.64. The minimum atomic E-state index is -5.91. The van der Waals surface area contributed by atoms with Crippen LogP contribution in [-0.4, -0.2) is 33.0 Å². The van der Waals surface area contributed by atoms with Gasteiger partial charge in [-0.25, -0.2) is 4.68 Å². The zero-order chi connectivity index (χ0) is 25.5. The Morgan fingerprint density at radius 2 is 1.68 bits per heavy atom. The molecule has 180 valence electrons. The summed E-state index contributed by atoms with van der Waals surface area (Å²) in [4.78, 5) is 22.8. The smallest absolute Gasteiger partial charge is 0.320 e. The molecule has 15 heteroatoms. The topological polar surface area (TPSA) is 90.1 Å². The van der Waals surface area contributed by atoms with Crippen molar-refractivity contribution >= 4 is 49.1 Å². The molecule has 3 aromatic rings. The first-order valence-corrected chi connectivity index (χ1v) is 10.5. The van der Waals surface area contributed by atoms with Crippen molar-refractivity contribution in [1.82, 2.24) is 9.78 Å². The number of non-ortho nitro benzene ring substituents is 1. The Balaban J connectivity index is 2.21. The molecule has 0 spiro atoms. The van der Waals surface area contributed by atoms with Gasteiger partial charge < -0.3 is 5.32 Å². The molecule has 0 aliphatic carbocycles. The number of carbonyl (C=O) groups excluding carboxylic acids is 1. The highest BCUT2D eigenvalue weighted by Crippen LogP contribution is 2.55. The van der Waals surface area contributed by atoms with Crippen molar-refractivity contribution in [3.8, 4) is 0 Å². The molecule has 1 amide bonds. The molecule has 7 nitrogen and oxygen atoms in total. The normalized spacial score (nSPS) is 12.5. The molecule has 0 saturated carbocycles. The van der Waals surface area contributed by atoms with Crippen LogP contribution >= 0.6 is 31.9 Å². The summed E-state index contributed by atoms with van der Waals surface area (Å²) >= 11 is 5.78. The summed E-state index contributed by atoms with van der Waals surface area (Å²) in [5.41, 5.74) is -7.05. The lowest BCUT2D eigenvalue weighted by atomic mass is 9.87. The van der Waals surface area contributed by atoms with E-state index < -0.39 is 50.1 Å². The summed E-state index contributed by atoms with van der Waals surface area (Å²) in [5, 5.41) is 16.4. The maximum atomic E-state index is 14.2. The van der Waals surface area contributed by atoms with Gasteiger partial charge >= 0.3 is 12.4 Å². The molecule has 0 unspecified atom stereocenters. The summed E-state index contributed by atoms with van der Waals surface area (Å²) in [5.74, 6) is -1.01. The van der Waals surface area contributed by atoms with Gasteiger partial charge in [-0.3, -0.25) is 14.9 Å². The van der Waals surface area contributed by atoms with Gasteiger partial charge in [0.2, 0.25) is 0 Å². The van der Waals surface area contributed by atoms with E-state index in [1.165, 1.54) is 12.1 Å². The van der Waals surface area contributed by atoms with E-state index >= 15 is 0 Å². The Labute approximate surface area is 203 Å². The monoisotopic (exact) mass is 614 g/mol. The maximum Gasteiger partial charge on any atom is 0.426 e. The minimum absolute atomic E-state index is 0.0550. The molecule has 0 atom stereocenters. The number of nitro groups is 1. The number of aromatic nitrogens is 2. The number of nitrogens with one attached hydrogen (secondary N) is 1. The van der Waals surface area contributed by atoms with Crippen LogP contribution in [0, 0.1) is 10.1 Å². The number of hydrogen-bond acceptors (Lipinski definition) is 4. The van der Waals surface area contributed by atoms with Gasteiger partial charge in [-0.05, 0) is 50.1 Å². The largest absolute Gasteiger partial charge is 0.426 e. The van der Waals surface area contributed by atoms with E-state index in [1.54, 1.807) is 0 Å². The van der Waals surface area contributed by atoms with E-state index in [4.69, 9.17) is 0 Å². The van der Waals surface area contributed by atoms with Crippen LogP contribution in [0.5, 0.6) is 0 Å². The first-order chi connectivity index (χ1) is 15.7. The van der Waals surface area contributed by atoms with Crippen molar-refractivity contribution in [3.05, 3.63) is 85.0 Å². The van der Waals surface area contributed by atoms with E-state index in [0.717, 1.165) is 30.5 Å². The number of nitrogens with zero attached hydrogens (tertiary/aromatic N) is 3. The average Bonchev–Trinajstić information content (AvgIpc) is 3.25. The summed E-state index contributed by atoms with van der Waals surface area (Å²) in [6.07, 6.45) is -10.5. The van der Waals surface area contributed by atoms with E-state index in [0.29, 0.717) is 12.3 Å². The van der Waals surface area contributed by atoms with Crippen molar-refractivity contribution in [1.29, 1.82) is 0 Å². The molecule has 3 rings (SSSR count). The lowest BCUT2D eigenvalue weighted by molar-refractivity contribution is -0.384. The molecule has 0 radical (unpaired) electrons. The number of anilines is 1. The molecular formula is C19H10Br2F6N4O3. The summed E-state index contributed by atoms with van der Waals surface area (Å²) in [6, 6.07) is 6.80. The fourth-order valence-electron chi connectivity index (χ4n) is 3.21. The zero-order valence-electron chi connectivity index (χ0n) is 16.3. The molecule has 0 aliphatic rings. The van der Waals surface area contributed by atoms with Crippen molar-refractivity contribution in [2.45, 2.75) is 17.9 Å². The van der Waals surface area contributed by atoms with Crippen LogP contribution < -0.4 is 5.32 Å². The molecule has 1 heterocycles. The van der Waals surface area contributed by atoms with Crippen LogP contribution in [0.4, 0.5) is 37.7 Å². The second-order valence-electron chi connectivity index (χ2n) is 6.70. The SMILES string of the molecule is O=C(Nc1c(Br)ccc(C(n2cccn2)(C(F)(F)F)C(F)(F)F)c1Br)c1cccc([N+](=O)[O-])c1. The summed E-state index contributed by atoms with van der Waals surface area (Å²) in [7, 11) is 0. The quantitative estimate of drug-likeness (QED) is 0.203. The standard InChI is InChI=1S/C19H10Br2F6N4O3/c20-13-6-5-12(17(18(22,23)24,19(25,26)27)30-8-2-7-28-30)14(21)15(13)29-16(32)10-3-1-4-11(9-10)31(33)34/h1-9H,(H,29,32). The molecule has 34 heavy (non-hydrogen) atoms. The first kappa shape index (κ1) is 25.7. The summed E-state index contributed by atoms with van der Waals surface area (Å²) < 4.78 is 84.3. The number of nitro benzene ring substituents is 1. The highest BCUT2D eigenvalue weighted by atomic mass is 79.9. The van der Waals surface area contributed by atoms with E-state index in [-0.39, 0.29) is 14.7 Å². The molecule has 2 aromatic carbocycles. The third-order valence-electron chi connectivity index (χ3n) is 4.71. The Morgan fingerprint density at radius 3 is 2.21 bits per heavy atom. The molecule has 0 bridgehead atoms. The van der Waals surface area contributed by atoms with Gasteiger partial charge in [0, 0.05) is 44.6 Å². The van der Waals surface area contributed by atoms with E-state index in [2.05, 4.69) is 42.3 Å². The van der Waals surface area contributed by atoms with Crippen molar-refractivity contribution in [2.24, 2.45) is 0 Å². The van der Waals surface area contributed by atoms with E-state index in [1.807, 2.05) is 0 Å². The van der Waals surface area contributed by atoms with Gasteiger partial charge in [0.15, 0.2) is 0 Å². The van der Waals surface area contributed by atoms with Crippen LogP contribution in [0.2, 0.25) is 0 Å². The lowest BCUT2D eigenvalue weighted by Gasteiger charge is -2.38. The van der Waals surface area contributed by atoms with Gasteiger partial charge in [-0.1, -0.05) is 12.1 Å². The number of hydrogen-bond donors (Lipinski definition) is 1. The second kappa shape index (κ2) is 9.02. The number of benzene rings is 2. The molecular weight excluding hydrogens is 606 g/mol. The number of alkyl halides is 6. The third-order valence-corrected chi connectivity index (χ3v) is 6.19. The Hall–Kier alpha value is -2.94.